The molecule has 0 aliphatic heterocycles. The zero-order valence-electron chi connectivity index (χ0n) is 13.9. The number of amides is 1. The second kappa shape index (κ2) is 8.32. The molecule has 0 heterocycles. The summed E-state index contributed by atoms with van der Waals surface area (Å²) in [6.45, 7) is 0. The summed E-state index contributed by atoms with van der Waals surface area (Å²) in [4.78, 5) is 25.4. The Labute approximate surface area is 156 Å². The third kappa shape index (κ3) is 4.49. The van der Waals surface area contributed by atoms with Crippen molar-refractivity contribution in [1.82, 2.24) is 5.32 Å². The molecule has 2 N–H and O–H groups in total. The summed E-state index contributed by atoms with van der Waals surface area (Å²) in [5.74, 6) is -0.564. The average Bonchev–Trinajstić information content (AvgIpc) is 2.70. The summed E-state index contributed by atoms with van der Waals surface area (Å²) >= 11 is 5.91. The van der Waals surface area contributed by atoms with Crippen LogP contribution in [0.25, 0.3) is 0 Å². The van der Waals surface area contributed by atoms with Crippen LogP contribution in [0.3, 0.4) is 0 Å². The van der Waals surface area contributed by atoms with Crippen LogP contribution >= 0.6 is 11.6 Å². The molecule has 0 aliphatic carbocycles. The third-order valence-corrected chi connectivity index (χ3v) is 4.04. The fourth-order valence-corrected chi connectivity index (χ4v) is 2.58. The van der Waals surface area contributed by atoms with Crippen molar-refractivity contribution >= 4 is 29.0 Å². The van der Waals surface area contributed by atoms with E-state index in [2.05, 4.69) is 10.6 Å². The van der Waals surface area contributed by atoms with E-state index in [1.165, 1.54) is 0 Å². The van der Waals surface area contributed by atoms with E-state index in [4.69, 9.17) is 11.6 Å². The van der Waals surface area contributed by atoms with E-state index in [1.54, 1.807) is 72.8 Å². The van der Waals surface area contributed by atoms with E-state index in [-0.39, 0.29) is 11.7 Å². The van der Waals surface area contributed by atoms with E-state index >= 15 is 0 Å². The molecule has 0 saturated heterocycles. The van der Waals surface area contributed by atoms with Gasteiger partial charge in [0.15, 0.2) is 6.17 Å². The molecule has 1 atom stereocenters. The van der Waals surface area contributed by atoms with Gasteiger partial charge < -0.3 is 10.6 Å². The van der Waals surface area contributed by atoms with Crippen molar-refractivity contribution in [1.29, 1.82) is 0 Å². The van der Waals surface area contributed by atoms with Gasteiger partial charge in [-0.15, -0.1) is 0 Å². The lowest BCUT2D eigenvalue weighted by molar-refractivity contribution is 0.0869. The van der Waals surface area contributed by atoms with Gasteiger partial charge in [0.1, 0.15) is 0 Å². The normalized spacial score (nSPS) is 11.4. The molecule has 0 fully saturated rings. The number of carbonyl (C=O) groups excluding carboxylic acids is 2. The molecule has 3 rings (SSSR count). The van der Waals surface area contributed by atoms with E-state index in [1.807, 2.05) is 12.1 Å². The maximum absolute atomic E-state index is 12.9. The van der Waals surface area contributed by atoms with E-state index in [0.717, 1.165) is 0 Å². The first kappa shape index (κ1) is 17.7. The van der Waals surface area contributed by atoms with Crippen molar-refractivity contribution in [3.05, 3.63) is 101 Å². The Morgan fingerprint density at radius 3 is 1.85 bits per heavy atom. The first-order valence-corrected chi connectivity index (χ1v) is 8.48. The van der Waals surface area contributed by atoms with Crippen LogP contribution in [0.4, 0.5) is 5.69 Å². The highest BCUT2D eigenvalue weighted by Crippen LogP contribution is 2.15. The molecule has 0 radical (unpaired) electrons. The lowest BCUT2D eigenvalue weighted by Crippen LogP contribution is -2.46. The Morgan fingerprint density at radius 1 is 0.731 bits per heavy atom. The van der Waals surface area contributed by atoms with Crippen LogP contribution in [0.2, 0.25) is 5.02 Å². The SMILES string of the molecule is O=C(NC(Nc1ccc(Cl)cc1)C(=O)c1ccccc1)c1ccccc1. The van der Waals surface area contributed by atoms with Crippen molar-refractivity contribution in [3.8, 4) is 0 Å². The van der Waals surface area contributed by atoms with Crippen LogP contribution in [0.5, 0.6) is 0 Å². The van der Waals surface area contributed by atoms with E-state index in [9.17, 15) is 9.59 Å². The number of nitrogens with one attached hydrogen (secondary N) is 2. The van der Waals surface area contributed by atoms with E-state index < -0.39 is 6.17 Å². The van der Waals surface area contributed by atoms with Crippen molar-refractivity contribution < 1.29 is 9.59 Å². The smallest absolute Gasteiger partial charge is 0.253 e. The summed E-state index contributed by atoms with van der Waals surface area (Å²) in [6.07, 6.45) is -0.911. The summed E-state index contributed by atoms with van der Waals surface area (Å²) < 4.78 is 0. The van der Waals surface area contributed by atoms with E-state index in [0.29, 0.717) is 21.8 Å². The lowest BCUT2D eigenvalue weighted by Gasteiger charge is -2.20. The minimum Gasteiger partial charge on any atom is -0.359 e. The molecule has 0 aliphatic rings. The number of hydrogen-bond donors (Lipinski definition) is 2. The second-order valence-electron chi connectivity index (χ2n) is 5.65. The number of benzene rings is 3. The molecule has 3 aromatic carbocycles. The Bertz CT molecular complexity index is 881. The van der Waals surface area contributed by atoms with Crippen LogP contribution in [-0.2, 0) is 0 Å². The Morgan fingerprint density at radius 2 is 1.27 bits per heavy atom. The number of carbonyl (C=O) groups is 2. The fourth-order valence-electron chi connectivity index (χ4n) is 2.45. The largest absolute Gasteiger partial charge is 0.359 e. The van der Waals surface area contributed by atoms with Gasteiger partial charge in [0.25, 0.3) is 5.91 Å². The maximum Gasteiger partial charge on any atom is 0.253 e. The van der Waals surface area contributed by atoms with Gasteiger partial charge >= 0.3 is 0 Å². The predicted molar refractivity (Wildman–Crippen MR) is 104 cm³/mol. The van der Waals surface area contributed by atoms with Gasteiger partial charge in [0.05, 0.1) is 0 Å². The number of ketones is 1. The van der Waals surface area contributed by atoms with Crippen LogP contribution in [0.1, 0.15) is 20.7 Å². The molecule has 0 aromatic heterocycles. The number of anilines is 1. The van der Waals surface area contributed by atoms with Gasteiger partial charge in [-0.1, -0.05) is 60.1 Å². The van der Waals surface area contributed by atoms with Gasteiger partial charge in [0, 0.05) is 21.8 Å². The molecule has 1 amide bonds. The summed E-state index contributed by atoms with van der Waals surface area (Å²) in [5.41, 5.74) is 1.67. The summed E-state index contributed by atoms with van der Waals surface area (Å²) in [7, 11) is 0. The molecule has 1 unspecified atom stereocenters. The average molecular weight is 365 g/mol. The molecule has 4 nitrogen and oxygen atoms in total. The molecule has 26 heavy (non-hydrogen) atoms. The van der Waals surface area contributed by atoms with Gasteiger partial charge in [-0.3, -0.25) is 9.59 Å². The fraction of sp³-hybridized carbons (Fsp3) is 0.0476. The van der Waals surface area contributed by atoms with Crippen LogP contribution < -0.4 is 10.6 Å². The second-order valence-corrected chi connectivity index (χ2v) is 6.09. The molecule has 3 aromatic rings. The van der Waals surface area contributed by atoms with Crippen LogP contribution in [-0.4, -0.2) is 17.9 Å². The van der Waals surface area contributed by atoms with Crippen molar-refractivity contribution in [2.24, 2.45) is 0 Å². The van der Waals surface area contributed by atoms with Crippen molar-refractivity contribution in [2.45, 2.75) is 6.17 Å². The predicted octanol–water partition coefficient (Wildman–Crippen LogP) is 4.39. The van der Waals surface area contributed by atoms with Gasteiger partial charge in [-0.25, -0.2) is 0 Å². The Kier molecular flexibility index (Phi) is 5.66. The molecule has 130 valence electrons. The number of halogens is 1. The zero-order valence-corrected chi connectivity index (χ0v) is 14.6. The first-order valence-electron chi connectivity index (χ1n) is 8.11. The minimum absolute atomic E-state index is 0.232. The summed E-state index contributed by atoms with van der Waals surface area (Å²) in [5, 5.41) is 6.42. The van der Waals surface area contributed by atoms with Crippen LogP contribution in [0, 0.1) is 0 Å². The highest BCUT2D eigenvalue weighted by atomic mass is 35.5. The molecule has 5 heteroatoms. The van der Waals surface area contributed by atoms with Gasteiger partial charge in [-0.05, 0) is 36.4 Å². The quantitative estimate of drug-likeness (QED) is 0.503. The molecular weight excluding hydrogens is 348 g/mol. The topological polar surface area (TPSA) is 58.2 Å². The third-order valence-electron chi connectivity index (χ3n) is 3.79. The molecule has 0 spiro atoms. The Hall–Kier alpha value is -3.11. The van der Waals surface area contributed by atoms with Crippen molar-refractivity contribution in [3.63, 3.8) is 0 Å². The molecule has 0 saturated carbocycles. The lowest BCUT2D eigenvalue weighted by atomic mass is 10.1. The highest BCUT2D eigenvalue weighted by molar-refractivity contribution is 6.30. The Balaban J connectivity index is 1.84. The monoisotopic (exact) mass is 364 g/mol. The zero-order chi connectivity index (χ0) is 18.4. The first-order chi connectivity index (χ1) is 12.6. The highest BCUT2D eigenvalue weighted by Gasteiger charge is 2.22. The number of Topliss-reactive ketones (excluding diaryl/α,β-unsaturated/α-hetero) is 1. The van der Waals surface area contributed by atoms with Gasteiger partial charge in [0.2, 0.25) is 5.78 Å². The molecule has 0 bridgehead atoms. The molecular formula is C21H17ClN2O2. The minimum atomic E-state index is -0.911. The maximum atomic E-state index is 12.9. The number of hydrogen-bond acceptors (Lipinski definition) is 3. The van der Waals surface area contributed by atoms with Crippen LogP contribution in [0.15, 0.2) is 84.9 Å². The standard InChI is InChI=1S/C21H17ClN2O2/c22-17-11-13-18(14-12-17)23-20(19(25)15-7-3-1-4-8-15)24-21(26)16-9-5-2-6-10-16/h1-14,20,23H,(H,24,26). The van der Waals surface area contributed by atoms with Crippen molar-refractivity contribution in [2.75, 3.05) is 5.32 Å². The number of rotatable bonds is 6. The summed E-state index contributed by atoms with van der Waals surface area (Å²) in [6, 6.07) is 24.5. The van der Waals surface area contributed by atoms with Gasteiger partial charge in [-0.2, -0.15) is 0 Å².